The number of rotatable bonds is 3. The van der Waals surface area contributed by atoms with Crippen LogP contribution in [0.3, 0.4) is 0 Å². The van der Waals surface area contributed by atoms with E-state index in [-0.39, 0.29) is 16.7 Å². The molecule has 4 rings (SSSR count). The third-order valence-electron chi connectivity index (χ3n) is 3.92. The lowest BCUT2D eigenvalue weighted by atomic mass is 10.1. The molecule has 0 saturated heterocycles. The van der Waals surface area contributed by atoms with E-state index in [4.69, 9.17) is 5.11 Å². The average Bonchev–Trinajstić information content (AvgIpc) is 3.24. The number of carbonyl (C=O) groups excluding carboxylic acids is 1. The standard InChI is InChI=1S/C17H13N3O3S2/c21-14-9-25-15(11-5-6-24-8-11)13-7-18-20(16(13)19-14)12-3-1-10(2-4-12)17(22)23/h1-8,15H,9H2,(H,19,21)(H,22,23)/t15-/m1/s1. The zero-order chi connectivity index (χ0) is 17.4. The van der Waals surface area contributed by atoms with Gasteiger partial charge in [0.05, 0.1) is 28.5 Å². The first kappa shape index (κ1) is 15.9. The Balaban J connectivity index is 1.79. The minimum Gasteiger partial charge on any atom is -0.478 e. The van der Waals surface area contributed by atoms with Crippen LogP contribution in [-0.2, 0) is 4.79 Å². The Kier molecular flexibility index (Phi) is 4.06. The van der Waals surface area contributed by atoms with Gasteiger partial charge in [0.1, 0.15) is 5.82 Å². The van der Waals surface area contributed by atoms with E-state index in [1.54, 1.807) is 46.1 Å². The summed E-state index contributed by atoms with van der Waals surface area (Å²) in [6.07, 6.45) is 1.77. The molecule has 3 heterocycles. The molecule has 0 bridgehead atoms. The van der Waals surface area contributed by atoms with Crippen LogP contribution in [0.2, 0.25) is 0 Å². The molecule has 2 aromatic heterocycles. The van der Waals surface area contributed by atoms with Crippen LogP contribution in [-0.4, -0.2) is 32.5 Å². The van der Waals surface area contributed by atoms with E-state index < -0.39 is 5.97 Å². The molecular formula is C17H13N3O3S2. The Labute approximate surface area is 151 Å². The van der Waals surface area contributed by atoms with Crippen molar-refractivity contribution in [2.75, 3.05) is 11.1 Å². The van der Waals surface area contributed by atoms with Crippen molar-refractivity contribution in [1.29, 1.82) is 0 Å². The van der Waals surface area contributed by atoms with Crippen molar-refractivity contribution in [2.24, 2.45) is 0 Å². The van der Waals surface area contributed by atoms with Crippen molar-refractivity contribution in [3.63, 3.8) is 0 Å². The van der Waals surface area contributed by atoms with Gasteiger partial charge in [0, 0.05) is 5.56 Å². The summed E-state index contributed by atoms with van der Waals surface area (Å²) in [5.41, 5.74) is 2.99. The maximum atomic E-state index is 12.1. The molecule has 8 heteroatoms. The average molecular weight is 371 g/mol. The number of carbonyl (C=O) groups is 2. The number of hydrogen-bond donors (Lipinski definition) is 2. The number of carboxylic acid groups (broad SMARTS) is 1. The molecule has 1 aromatic carbocycles. The number of aromatic carboxylic acids is 1. The van der Waals surface area contributed by atoms with E-state index in [1.165, 1.54) is 12.1 Å². The van der Waals surface area contributed by atoms with Gasteiger partial charge in [0.2, 0.25) is 5.91 Å². The molecule has 1 amide bonds. The fourth-order valence-corrected chi connectivity index (χ4v) is 4.59. The number of benzene rings is 1. The van der Waals surface area contributed by atoms with E-state index in [1.807, 2.05) is 5.38 Å². The van der Waals surface area contributed by atoms with Crippen molar-refractivity contribution in [1.82, 2.24) is 9.78 Å². The van der Waals surface area contributed by atoms with Crippen molar-refractivity contribution in [3.05, 3.63) is 64.0 Å². The normalized spacial score (nSPS) is 16.8. The quantitative estimate of drug-likeness (QED) is 0.737. The molecule has 0 saturated carbocycles. The van der Waals surface area contributed by atoms with Gasteiger partial charge in [0.15, 0.2) is 0 Å². The molecule has 1 aliphatic rings. The first-order valence-corrected chi connectivity index (χ1v) is 9.48. The number of carboxylic acids is 1. The zero-order valence-corrected chi connectivity index (χ0v) is 14.5. The van der Waals surface area contributed by atoms with Gasteiger partial charge in [-0.05, 0) is 46.7 Å². The molecule has 2 N–H and O–H groups in total. The molecule has 0 spiro atoms. The first-order valence-electron chi connectivity index (χ1n) is 7.48. The number of fused-ring (bicyclic) bond motifs is 1. The number of aromatic nitrogens is 2. The molecule has 6 nitrogen and oxygen atoms in total. The van der Waals surface area contributed by atoms with Gasteiger partial charge in [-0.15, -0.1) is 11.8 Å². The lowest BCUT2D eigenvalue weighted by Crippen LogP contribution is -2.15. The summed E-state index contributed by atoms with van der Waals surface area (Å²) >= 11 is 3.19. The number of thiophene rings is 1. The van der Waals surface area contributed by atoms with Crippen LogP contribution in [0.1, 0.15) is 26.7 Å². The van der Waals surface area contributed by atoms with Crippen LogP contribution in [0.4, 0.5) is 5.82 Å². The summed E-state index contributed by atoms with van der Waals surface area (Å²) in [6.45, 7) is 0. The SMILES string of the molecule is O=C1CS[C@H](c2ccsc2)c2cnn(-c3ccc(C(=O)O)cc3)c2N1. The zero-order valence-electron chi connectivity index (χ0n) is 12.9. The maximum Gasteiger partial charge on any atom is 0.335 e. The summed E-state index contributed by atoms with van der Waals surface area (Å²) in [5, 5.41) is 20.5. The Hall–Kier alpha value is -2.58. The molecule has 25 heavy (non-hydrogen) atoms. The number of hydrogen-bond acceptors (Lipinski definition) is 5. The summed E-state index contributed by atoms with van der Waals surface area (Å²) < 4.78 is 1.64. The van der Waals surface area contributed by atoms with E-state index >= 15 is 0 Å². The molecular weight excluding hydrogens is 358 g/mol. The minimum atomic E-state index is -0.979. The largest absolute Gasteiger partial charge is 0.478 e. The topological polar surface area (TPSA) is 84.2 Å². The Morgan fingerprint density at radius 2 is 2.08 bits per heavy atom. The third kappa shape index (κ3) is 2.94. The molecule has 3 aromatic rings. The van der Waals surface area contributed by atoms with Gasteiger partial charge >= 0.3 is 5.97 Å². The molecule has 0 fully saturated rings. The highest BCUT2D eigenvalue weighted by atomic mass is 32.2. The highest BCUT2D eigenvalue weighted by Crippen LogP contribution is 2.42. The fraction of sp³-hybridized carbons (Fsp3) is 0.118. The van der Waals surface area contributed by atoms with E-state index in [9.17, 15) is 9.59 Å². The first-order chi connectivity index (χ1) is 12.1. The van der Waals surface area contributed by atoms with E-state index in [0.29, 0.717) is 17.3 Å². The second-order valence-corrected chi connectivity index (χ2v) is 7.38. The van der Waals surface area contributed by atoms with Crippen molar-refractivity contribution < 1.29 is 14.7 Å². The minimum absolute atomic E-state index is 0.0345. The second-order valence-electron chi connectivity index (χ2n) is 5.51. The maximum absolute atomic E-state index is 12.1. The van der Waals surface area contributed by atoms with Gasteiger partial charge in [0.25, 0.3) is 0 Å². The van der Waals surface area contributed by atoms with E-state index in [2.05, 4.69) is 21.9 Å². The predicted octanol–water partition coefficient (Wildman–Crippen LogP) is 3.41. The molecule has 1 aliphatic heterocycles. The number of thioether (sulfide) groups is 1. The monoisotopic (exact) mass is 371 g/mol. The predicted molar refractivity (Wildman–Crippen MR) is 97.8 cm³/mol. The molecule has 0 aliphatic carbocycles. The lowest BCUT2D eigenvalue weighted by Gasteiger charge is -2.12. The molecule has 1 atom stereocenters. The second kappa shape index (κ2) is 6.38. The summed E-state index contributed by atoms with van der Waals surface area (Å²) in [7, 11) is 0. The summed E-state index contributed by atoms with van der Waals surface area (Å²) in [6, 6.07) is 8.46. The molecule has 0 unspecified atom stereocenters. The smallest absolute Gasteiger partial charge is 0.335 e. The van der Waals surface area contributed by atoms with Crippen LogP contribution < -0.4 is 5.32 Å². The van der Waals surface area contributed by atoms with Crippen molar-refractivity contribution >= 4 is 40.8 Å². The van der Waals surface area contributed by atoms with Crippen molar-refractivity contribution in [2.45, 2.75) is 5.25 Å². The lowest BCUT2D eigenvalue weighted by molar-refractivity contribution is -0.113. The summed E-state index contributed by atoms with van der Waals surface area (Å²) in [5.74, 6) is -0.0529. The number of nitrogens with zero attached hydrogens (tertiary/aromatic N) is 2. The Morgan fingerprint density at radius 1 is 1.28 bits per heavy atom. The van der Waals surface area contributed by atoms with Gasteiger partial charge in [-0.3, -0.25) is 4.79 Å². The van der Waals surface area contributed by atoms with Gasteiger partial charge in [-0.25, -0.2) is 9.48 Å². The van der Waals surface area contributed by atoms with Gasteiger partial charge in [-0.2, -0.15) is 16.4 Å². The third-order valence-corrected chi connectivity index (χ3v) is 5.91. The van der Waals surface area contributed by atoms with Crippen LogP contribution in [0.15, 0.2) is 47.3 Å². The number of anilines is 1. The number of amides is 1. The Morgan fingerprint density at radius 3 is 2.76 bits per heavy atom. The van der Waals surface area contributed by atoms with Crippen LogP contribution >= 0.6 is 23.1 Å². The van der Waals surface area contributed by atoms with Crippen LogP contribution in [0.25, 0.3) is 5.69 Å². The van der Waals surface area contributed by atoms with E-state index in [0.717, 1.165) is 11.1 Å². The fourth-order valence-electron chi connectivity index (χ4n) is 2.74. The molecule has 0 radical (unpaired) electrons. The van der Waals surface area contributed by atoms with Gasteiger partial charge in [-0.1, -0.05) is 0 Å². The van der Waals surface area contributed by atoms with Crippen LogP contribution in [0.5, 0.6) is 0 Å². The van der Waals surface area contributed by atoms with Gasteiger partial charge < -0.3 is 10.4 Å². The molecule has 126 valence electrons. The van der Waals surface area contributed by atoms with Crippen LogP contribution in [0, 0.1) is 0 Å². The highest BCUT2D eigenvalue weighted by Gasteiger charge is 2.28. The highest BCUT2D eigenvalue weighted by molar-refractivity contribution is 8.00. The van der Waals surface area contributed by atoms with Crippen molar-refractivity contribution in [3.8, 4) is 5.69 Å². The summed E-state index contributed by atoms with van der Waals surface area (Å²) in [4.78, 5) is 23.2. The Bertz CT molecular complexity index is 933. The number of nitrogens with one attached hydrogen (secondary N) is 1.